The summed E-state index contributed by atoms with van der Waals surface area (Å²) in [4.78, 5) is 0. The predicted molar refractivity (Wildman–Crippen MR) is 48.6 cm³/mol. The molecule has 0 aliphatic heterocycles. The van der Waals surface area contributed by atoms with Crippen LogP contribution in [-0.2, 0) is 6.18 Å². The minimum atomic E-state index is -4.28. The van der Waals surface area contributed by atoms with Crippen molar-refractivity contribution in [3.63, 3.8) is 0 Å². The first-order valence-corrected chi connectivity index (χ1v) is 4.46. The molecule has 4 heteroatoms. The zero-order chi connectivity index (χ0) is 10.2. The molecule has 0 fully saturated rings. The summed E-state index contributed by atoms with van der Waals surface area (Å²) in [5.41, 5.74) is 0.352. The molecule has 72 valence electrons. The fraction of sp³-hybridized carbons (Fsp3) is 0.333. The number of hydrogen-bond donors (Lipinski definition) is 0. The Hall–Kier alpha value is -0.510. The first-order chi connectivity index (χ1) is 5.84. The van der Waals surface area contributed by atoms with Crippen molar-refractivity contribution in [1.29, 1.82) is 0 Å². The molecule has 1 aromatic carbocycles. The lowest BCUT2D eigenvalue weighted by Gasteiger charge is -2.13. The van der Waals surface area contributed by atoms with Crippen molar-refractivity contribution in [1.82, 2.24) is 0 Å². The van der Waals surface area contributed by atoms with Gasteiger partial charge in [-0.05, 0) is 31.0 Å². The molecule has 0 saturated carbocycles. The average Bonchev–Trinajstić information content (AvgIpc) is 1.95. The highest BCUT2D eigenvalue weighted by atomic mass is 79.9. The second kappa shape index (κ2) is 3.33. The summed E-state index contributed by atoms with van der Waals surface area (Å²) >= 11 is 2.90. The van der Waals surface area contributed by atoms with E-state index >= 15 is 0 Å². The molecule has 0 atom stereocenters. The fourth-order valence-corrected chi connectivity index (χ4v) is 1.79. The molecule has 0 saturated heterocycles. The fourth-order valence-electron chi connectivity index (χ4n) is 1.13. The molecule has 0 aliphatic carbocycles. The minimum absolute atomic E-state index is 0.100. The molecule has 0 aliphatic rings. The van der Waals surface area contributed by atoms with Gasteiger partial charge in [0.15, 0.2) is 0 Å². The topological polar surface area (TPSA) is 0 Å². The number of alkyl halides is 3. The third kappa shape index (κ3) is 2.05. The Morgan fingerprint density at radius 3 is 2.08 bits per heavy atom. The van der Waals surface area contributed by atoms with Crippen LogP contribution < -0.4 is 0 Å². The quantitative estimate of drug-likeness (QED) is 0.653. The molecule has 0 unspecified atom stereocenters. The number of aryl methyl sites for hydroxylation is 1. The molecule has 0 radical (unpaired) electrons. The van der Waals surface area contributed by atoms with Gasteiger partial charge < -0.3 is 0 Å². The van der Waals surface area contributed by atoms with Crippen LogP contribution in [0.25, 0.3) is 0 Å². The van der Waals surface area contributed by atoms with Gasteiger partial charge in [-0.1, -0.05) is 22.0 Å². The van der Waals surface area contributed by atoms with Gasteiger partial charge in [0.05, 0.1) is 5.56 Å². The van der Waals surface area contributed by atoms with Crippen LogP contribution in [0.2, 0.25) is 0 Å². The molecule has 0 bridgehead atoms. The Morgan fingerprint density at radius 1 is 1.15 bits per heavy atom. The minimum Gasteiger partial charge on any atom is -0.166 e. The van der Waals surface area contributed by atoms with Crippen LogP contribution >= 0.6 is 15.9 Å². The predicted octanol–water partition coefficient (Wildman–Crippen LogP) is 4.08. The zero-order valence-electron chi connectivity index (χ0n) is 7.17. The number of halogens is 4. The lowest BCUT2D eigenvalue weighted by atomic mass is 10.0. The van der Waals surface area contributed by atoms with Gasteiger partial charge >= 0.3 is 6.18 Å². The number of hydrogen-bond acceptors (Lipinski definition) is 0. The highest BCUT2D eigenvalue weighted by Gasteiger charge is 2.34. The van der Waals surface area contributed by atoms with Crippen molar-refractivity contribution in [2.45, 2.75) is 20.0 Å². The van der Waals surface area contributed by atoms with Crippen LogP contribution in [0.15, 0.2) is 16.6 Å². The summed E-state index contributed by atoms with van der Waals surface area (Å²) in [6.07, 6.45) is -4.28. The van der Waals surface area contributed by atoms with Crippen LogP contribution in [0.5, 0.6) is 0 Å². The molecule has 13 heavy (non-hydrogen) atoms. The van der Waals surface area contributed by atoms with E-state index in [9.17, 15) is 13.2 Å². The van der Waals surface area contributed by atoms with Gasteiger partial charge in [-0.15, -0.1) is 0 Å². The van der Waals surface area contributed by atoms with Crippen molar-refractivity contribution in [2.75, 3.05) is 0 Å². The third-order valence-corrected chi connectivity index (χ3v) is 2.63. The largest absolute Gasteiger partial charge is 0.417 e. The molecule has 0 N–H and O–H groups in total. The number of benzene rings is 1. The van der Waals surface area contributed by atoms with Crippen LogP contribution in [0, 0.1) is 13.8 Å². The van der Waals surface area contributed by atoms with E-state index in [1.807, 2.05) is 0 Å². The maximum absolute atomic E-state index is 12.5. The van der Waals surface area contributed by atoms with Crippen LogP contribution in [0.3, 0.4) is 0 Å². The van der Waals surface area contributed by atoms with Crippen LogP contribution in [0.4, 0.5) is 13.2 Å². The number of rotatable bonds is 0. The Labute approximate surface area is 82.9 Å². The van der Waals surface area contributed by atoms with Crippen molar-refractivity contribution < 1.29 is 13.2 Å². The summed E-state index contributed by atoms with van der Waals surface area (Å²) in [6.45, 7) is 3.14. The maximum atomic E-state index is 12.5. The van der Waals surface area contributed by atoms with E-state index in [1.54, 1.807) is 13.0 Å². The molecule has 0 heterocycles. The zero-order valence-corrected chi connectivity index (χ0v) is 8.75. The van der Waals surface area contributed by atoms with Gasteiger partial charge in [-0.25, -0.2) is 0 Å². The second-order valence-electron chi connectivity index (χ2n) is 2.86. The Morgan fingerprint density at radius 2 is 1.69 bits per heavy atom. The van der Waals surface area contributed by atoms with E-state index in [-0.39, 0.29) is 10.0 Å². The van der Waals surface area contributed by atoms with Crippen LogP contribution in [-0.4, -0.2) is 0 Å². The van der Waals surface area contributed by atoms with Gasteiger partial charge in [-0.2, -0.15) is 13.2 Å². The molecule has 0 spiro atoms. The van der Waals surface area contributed by atoms with Gasteiger partial charge in [-0.3, -0.25) is 0 Å². The van der Waals surface area contributed by atoms with Crippen LogP contribution in [0.1, 0.15) is 16.7 Å². The first-order valence-electron chi connectivity index (χ1n) is 3.67. The van der Waals surface area contributed by atoms with Crippen molar-refractivity contribution in [3.05, 3.63) is 33.3 Å². The van der Waals surface area contributed by atoms with E-state index in [2.05, 4.69) is 15.9 Å². The molecule has 0 nitrogen and oxygen atoms in total. The summed E-state index contributed by atoms with van der Waals surface area (Å²) in [6, 6.07) is 3.08. The maximum Gasteiger partial charge on any atom is 0.417 e. The summed E-state index contributed by atoms with van der Waals surface area (Å²) in [5.74, 6) is 0. The standard InChI is InChI=1S/C9H8BrF3/c1-5-3-4-7(10)8(6(5)2)9(11,12)13/h3-4H,1-2H3. The Kier molecular flexibility index (Phi) is 2.71. The normalized spacial score (nSPS) is 11.8. The highest BCUT2D eigenvalue weighted by molar-refractivity contribution is 9.10. The first kappa shape index (κ1) is 10.6. The smallest absolute Gasteiger partial charge is 0.166 e. The van der Waals surface area contributed by atoms with Gasteiger partial charge in [0.1, 0.15) is 0 Å². The molecule has 0 amide bonds. The lowest BCUT2D eigenvalue weighted by molar-refractivity contribution is -0.138. The molecule has 0 aromatic heterocycles. The second-order valence-corrected chi connectivity index (χ2v) is 3.72. The van der Waals surface area contributed by atoms with E-state index < -0.39 is 11.7 Å². The molecule has 1 aromatic rings. The van der Waals surface area contributed by atoms with Crippen molar-refractivity contribution in [2.24, 2.45) is 0 Å². The van der Waals surface area contributed by atoms with E-state index in [4.69, 9.17) is 0 Å². The summed E-state index contributed by atoms with van der Waals surface area (Å²) < 4.78 is 37.5. The molecular formula is C9H8BrF3. The Bertz CT molecular complexity index is 328. The lowest BCUT2D eigenvalue weighted by Crippen LogP contribution is -2.09. The molecular weight excluding hydrogens is 245 g/mol. The van der Waals surface area contributed by atoms with Gasteiger partial charge in [0.2, 0.25) is 0 Å². The van der Waals surface area contributed by atoms with E-state index in [0.29, 0.717) is 5.56 Å². The van der Waals surface area contributed by atoms with E-state index in [1.165, 1.54) is 13.0 Å². The molecule has 1 rings (SSSR count). The monoisotopic (exact) mass is 252 g/mol. The third-order valence-electron chi connectivity index (χ3n) is 1.97. The Balaban J connectivity index is 3.43. The van der Waals surface area contributed by atoms with E-state index in [0.717, 1.165) is 0 Å². The van der Waals surface area contributed by atoms with Gasteiger partial charge in [0, 0.05) is 4.47 Å². The summed E-state index contributed by atoms with van der Waals surface area (Å²) in [7, 11) is 0. The highest BCUT2D eigenvalue weighted by Crippen LogP contribution is 2.37. The summed E-state index contributed by atoms with van der Waals surface area (Å²) in [5, 5.41) is 0. The average molecular weight is 253 g/mol. The SMILES string of the molecule is Cc1ccc(Br)c(C(F)(F)F)c1C. The van der Waals surface area contributed by atoms with Gasteiger partial charge in [0.25, 0.3) is 0 Å². The van der Waals surface area contributed by atoms with Crippen molar-refractivity contribution >= 4 is 15.9 Å². The van der Waals surface area contributed by atoms with Crippen molar-refractivity contribution in [3.8, 4) is 0 Å².